The molecule has 5 nitrogen and oxygen atoms in total. The topological polar surface area (TPSA) is 36.0 Å². The SMILES string of the molecule is COc1ccc(CN2CCN(C(=O)c3ccc(N4CC=Cc5ccccc54)c(C)c3)CC2)c(F)c1. The number of piperazine rings is 1. The van der Waals surface area contributed by atoms with E-state index in [-0.39, 0.29) is 11.7 Å². The van der Waals surface area contributed by atoms with Crippen molar-refractivity contribution in [2.75, 3.05) is 44.7 Å². The molecule has 35 heavy (non-hydrogen) atoms. The number of hydrogen-bond acceptors (Lipinski definition) is 4. The van der Waals surface area contributed by atoms with Gasteiger partial charge in [0.25, 0.3) is 5.91 Å². The highest BCUT2D eigenvalue weighted by atomic mass is 19.1. The molecule has 0 N–H and O–H groups in total. The summed E-state index contributed by atoms with van der Waals surface area (Å²) in [4.78, 5) is 19.6. The third-order valence-electron chi connectivity index (χ3n) is 6.86. The van der Waals surface area contributed by atoms with Crippen LogP contribution in [0.4, 0.5) is 15.8 Å². The zero-order chi connectivity index (χ0) is 24.4. The average molecular weight is 472 g/mol. The van der Waals surface area contributed by atoms with Gasteiger partial charge in [0.05, 0.1) is 7.11 Å². The summed E-state index contributed by atoms with van der Waals surface area (Å²) in [6, 6.07) is 19.3. The molecule has 5 rings (SSSR count). The van der Waals surface area contributed by atoms with Gasteiger partial charge in [-0.3, -0.25) is 9.69 Å². The highest BCUT2D eigenvalue weighted by Gasteiger charge is 2.24. The van der Waals surface area contributed by atoms with Gasteiger partial charge in [-0.2, -0.15) is 0 Å². The number of benzene rings is 3. The van der Waals surface area contributed by atoms with Crippen molar-refractivity contribution < 1.29 is 13.9 Å². The highest BCUT2D eigenvalue weighted by molar-refractivity contribution is 5.95. The number of carbonyl (C=O) groups excluding carboxylic acids is 1. The van der Waals surface area contributed by atoms with Crippen LogP contribution in [0.15, 0.2) is 66.7 Å². The van der Waals surface area contributed by atoms with E-state index in [1.54, 1.807) is 12.1 Å². The molecule has 180 valence electrons. The Balaban J connectivity index is 1.23. The molecule has 0 aliphatic carbocycles. The normalized spacial score (nSPS) is 15.7. The molecule has 0 saturated carbocycles. The molecular weight excluding hydrogens is 441 g/mol. The fourth-order valence-corrected chi connectivity index (χ4v) is 4.89. The minimum Gasteiger partial charge on any atom is -0.497 e. The lowest BCUT2D eigenvalue weighted by Crippen LogP contribution is -2.48. The average Bonchev–Trinajstić information content (AvgIpc) is 2.89. The van der Waals surface area contributed by atoms with Crippen molar-refractivity contribution in [1.82, 2.24) is 9.80 Å². The van der Waals surface area contributed by atoms with Gasteiger partial charge in [-0.05, 0) is 48.4 Å². The molecule has 0 bridgehead atoms. The molecule has 0 atom stereocenters. The number of hydrogen-bond donors (Lipinski definition) is 0. The first-order chi connectivity index (χ1) is 17.0. The molecule has 0 spiro atoms. The van der Waals surface area contributed by atoms with Crippen molar-refractivity contribution in [3.05, 3.63) is 94.8 Å². The Kier molecular flexibility index (Phi) is 6.55. The van der Waals surface area contributed by atoms with Crippen LogP contribution in [-0.4, -0.2) is 55.5 Å². The maximum absolute atomic E-state index is 14.3. The number of methoxy groups -OCH3 is 1. The lowest BCUT2D eigenvalue weighted by atomic mass is 10.0. The quantitative estimate of drug-likeness (QED) is 0.508. The van der Waals surface area contributed by atoms with Crippen LogP contribution in [0.3, 0.4) is 0 Å². The fraction of sp³-hybridized carbons (Fsp3) is 0.276. The summed E-state index contributed by atoms with van der Waals surface area (Å²) in [5.74, 6) is 0.308. The number of nitrogens with zero attached hydrogens (tertiary/aromatic N) is 3. The number of para-hydroxylation sites is 1. The molecule has 1 fully saturated rings. The molecule has 2 aliphatic rings. The molecule has 6 heteroatoms. The van der Waals surface area contributed by atoms with Gasteiger partial charge in [0, 0.05) is 67.8 Å². The van der Waals surface area contributed by atoms with E-state index in [9.17, 15) is 9.18 Å². The maximum Gasteiger partial charge on any atom is 0.253 e. The molecular formula is C29H30FN3O2. The lowest BCUT2D eigenvalue weighted by Gasteiger charge is -2.35. The third-order valence-corrected chi connectivity index (χ3v) is 6.86. The number of ether oxygens (including phenoxy) is 1. The van der Waals surface area contributed by atoms with E-state index in [2.05, 4.69) is 59.2 Å². The molecule has 1 saturated heterocycles. The second-order valence-electron chi connectivity index (χ2n) is 9.10. The minimum atomic E-state index is -0.259. The number of halogens is 1. The Morgan fingerprint density at radius 1 is 0.971 bits per heavy atom. The van der Waals surface area contributed by atoms with Gasteiger partial charge in [0.2, 0.25) is 0 Å². The fourth-order valence-electron chi connectivity index (χ4n) is 4.89. The van der Waals surface area contributed by atoms with E-state index >= 15 is 0 Å². The number of carbonyl (C=O) groups is 1. The van der Waals surface area contributed by atoms with Crippen molar-refractivity contribution in [2.24, 2.45) is 0 Å². The van der Waals surface area contributed by atoms with Gasteiger partial charge in [-0.15, -0.1) is 0 Å². The summed E-state index contributed by atoms with van der Waals surface area (Å²) in [5, 5.41) is 0. The molecule has 0 radical (unpaired) electrons. The first kappa shape index (κ1) is 23.1. The Morgan fingerprint density at radius 3 is 2.51 bits per heavy atom. The lowest BCUT2D eigenvalue weighted by molar-refractivity contribution is 0.0627. The van der Waals surface area contributed by atoms with Crippen molar-refractivity contribution >= 4 is 23.4 Å². The van der Waals surface area contributed by atoms with Gasteiger partial charge in [-0.25, -0.2) is 4.39 Å². The highest BCUT2D eigenvalue weighted by Crippen LogP contribution is 2.34. The summed E-state index contributed by atoms with van der Waals surface area (Å²) in [5.41, 5.74) is 5.93. The van der Waals surface area contributed by atoms with Crippen LogP contribution in [0, 0.1) is 12.7 Å². The van der Waals surface area contributed by atoms with Crippen LogP contribution in [0.5, 0.6) is 5.75 Å². The van der Waals surface area contributed by atoms with Crippen LogP contribution < -0.4 is 9.64 Å². The largest absolute Gasteiger partial charge is 0.497 e. The summed E-state index contributed by atoms with van der Waals surface area (Å²) < 4.78 is 19.4. The molecule has 3 aromatic carbocycles. The molecule has 2 aliphatic heterocycles. The molecule has 0 aromatic heterocycles. The van der Waals surface area contributed by atoms with E-state index in [4.69, 9.17) is 4.74 Å². The molecule has 0 unspecified atom stereocenters. The van der Waals surface area contributed by atoms with E-state index in [0.29, 0.717) is 49.6 Å². The van der Waals surface area contributed by atoms with E-state index in [0.717, 1.165) is 17.8 Å². The van der Waals surface area contributed by atoms with E-state index < -0.39 is 0 Å². The Labute approximate surface area is 206 Å². The third kappa shape index (κ3) is 4.80. The monoisotopic (exact) mass is 471 g/mol. The number of amides is 1. The molecule has 1 amide bonds. The Morgan fingerprint density at radius 2 is 1.77 bits per heavy atom. The second kappa shape index (κ2) is 9.92. The van der Waals surface area contributed by atoms with Crippen LogP contribution in [0.1, 0.15) is 27.0 Å². The zero-order valence-electron chi connectivity index (χ0n) is 20.2. The number of aryl methyl sites for hydroxylation is 1. The smallest absolute Gasteiger partial charge is 0.253 e. The van der Waals surface area contributed by atoms with Gasteiger partial charge in [0.1, 0.15) is 11.6 Å². The van der Waals surface area contributed by atoms with Crippen molar-refractivity contribution in [3.63, 3.8) is 0 Å². The van der Waals surface area contributed by atoms with Gasteiger partial charge < -0.3 is 14.5 Å². The van der Waals surface area contributed by atoms with Crippen molar-refractivity contribution in [3.8, 4) is 5.75 Å². The van der Waals surface area contributed by atoms with Crippen LogP contribution in [-0.2, 0) is 6.54 Å². The Hall–Kier alpha value is -3.64. The van der Waals surface area contributed by atoms with Gasteiger partial charge >= 0.3 is 0 Å². The van der Waals surface area contributed by atoms with E-state index in [1.807, 2.05) is 17.0 Å². The maximum atomic E-state index is 14.3. The summed E-state index contributed by atoms with van der Waals surface area (Å²) in [6.45, 7) is 6.08. The standard InChI is InChI=1S/C29H30FN3O2/c1-21-18-23(10-12-27(21)33-13-5-7-22-6-3-4-8-28(22)33)29(34)32-16-14-31(15-17-32)20-24-9-11-25(35-2)19-26(24)30/h3-12,18-19H,13-17,20H2,1-2H3. The number of fused-ring (bicyclic) bond motifs is 1. The summed E-state index contributed by atoms with van der Waals surface area (Å²) >= 11 is 0. The predicted molar refractivity (Wildman–Crippen MR) is 138 cm³/mol. The summed E-state index contributed by atoms with van der Waals surface area (Å²) in [7, 11) is 1.53. The summed E-state index contributed by atoms with van der Waals surface area (Å²) in [6.07, 6.45) is 4.32. The molecule has 3 aromatic rings. The zero-order valence-corrected chi connectivity index (χ0v) is 20.2. The van der Waals surface area contributed by atoms with Gasteiger partial charge in [-0.1, -0.05) is 36.4 Å². The van der Waals surface area contributed by atoms with Crippen LogP contribution >= 0.6 is 0 Å². The second-order valence-corrected chi connectivity index (χ2v) is 9.10. The van der Waals surface area contributed by atoms with Crippen LogP contribution in [0.25, 0.3) is 6.08 Å². The first-order valence-corrected chi connectivity index (χ1v) is 12.0. The Bertz CT molecular complexity index is 1260. The minimum absolute atomic E-state index is 0.0499. The van der Waals surface area contributed by atoms with Crippen molar-refractivity contribution in [2.45, 2.75) is 13.5 Å². The van der Waals surface area contributed by atoms with Crippen LogP contribution in [0.2, 0.25) is 0 Å². The molecule has 2 heterocycles. The van der Waals surface area contributed by atoms with Gasteiger partial charge in [0.15, 0.2) is 0 Å². The number of anilines is 2. The number of rotatable bonds is 5. The van der Waals surface area contributed by atoms with E-state index in [1.165, 1.54) is 24.4 Å². The van der Waals surface area contributed by atoms with Crippen molar-refractivity contribution in [1.29, 1.82) is 0 Å². The predicted octanol–water partition coefficient (Wildman–Crippen LogP) is 5.27. The first-order valence-electron chi connectivity index (χ1n) is 12.0.